The zero-order valence-electron chi connectivity index (χ0n) is 9.57. The third-order valence-electron chi connectivity index (χ3n) is 3.89. The number of nitrogens with zero attached hydrogens (tertiary/aromatic N) is 3. The second kappa shape index (κ2) is 3.67. The van der Waals surface area contributed by atoms with Gasteiger partial charge in [-0.2, -0.15) is 18.2 Å². The maximum absolute atomic E-state index is 12.4. The Labute approximate surface area is 101 Å². The van der Waals surface area contributed by atoms with Crippen LogP contribution in [0.3, 0.4) is 0 Å². The molecule has 4 rings (SSSR count). The molecule has 0 radical (unpaired) electrons. The summed E-state index contributed by atoms with van der Waals surface area (Å²) in [6.07, 6.45) is -2.88. The molecule has 1 unspecified atom stereocenters. The van der Waals surface area contributed by atoms with Crippen molar-refractivity contribution in [2.24, 2.45) is 11.7 Å². The van der Waals surface area contributed by atoms with Crippen molar-refractivity contribution < 1.29 is 17.7 Å². The van der Waals surface area contributed by atoms with Gasteiger partial charge in [0.2, 0.25) is 0 Å². The molecule has 3 saturated heterocycles. The minimum atomic E-state index is -4.62. The molecule has 0 aliphatic carbocycles. The lowest BCUT2D eigenvalue weighted by molar-refractivity contribution is -0.159. The van der Waals surface area contributed by atoms with E-state index in [1.54, 1.807) is 0 Å². The van der Waals surface area contributed by atoms with Crippen molar-refractivity contribution in [3.8, 4) is 0 Å². The fourth-order valence-corrected chi connectivity index (χ4v) is 2.89. The monoisotopic (exact) mass is 262 g/mol. The van der Waals surface area contributed by atoms with Gasteiger partial charge in [0.25, 0.3) is 0 Å². The van der Waals surface area contributed by atoms with Crippen LogP contribution in [0.1, 0.15) is 24.6 Å². The number of fused-ring (bicyclic) bond motifs is 3. The van der Waals surface area contributed by atoms with E-state index < -0.39 is 17.6 Å². The van der Waals surface area contributed by atoms with Crippen molar-refractivity contribution >= 4 is 0 Å². The highest BCUT2D eigenvalue weighted by molar-refractivity contribution is 5.13. The molecule has 1 atom stereocenters. The van der Waals surface area contributed by atoms with Gasteiger partial charge in [-0.15, -0.1) is 0 Å². The van der Waals surface area contributed by atoms with Gasteiger partial charge in [0.1, 0.15) is 0 Å². The molecule has 1 aromatic heterocycles. The molecule has 100 valence electrons. The molecule has 2 N–H and O–H groups in total. The molecule has 8 heteroatoms. The molecule has 0 saturated carbocycles. The Balaban J connectivity index is 1.92. The van der Waals surface area contributed by atoms with Crippen LogP contribution in [0.4, 0.5) is 13.2 Å². The molecule has 18 heavy (non-hydrogen) atoms. The van der Waals surface area contributed by atoms with E-state index in [0.29, 0.717) is 6.54 Å². The van der Waals surface area contributed by atoms with Gasteiger partial charge >= 0.3 is 12.1 Å². The number of hydrogen-bond acceptors (Lipinski definition) is 5. The zero-order valence-corrected chi connectivity index (χ0v) is 9.57. The molecular weight excluding hydrogens is 249 g/mol. The first-order valence-corrected chi connectivity index (χ1v) is 5.82. The third-order valence-corrected chi connectivity index (χ3v) is 3.89. The number of piperidine rings is 3. The predicted octanol–water partition coefficient (Wildman–Crippen LogP) is 0.968. The molecular formula is C10H13F3N4O. The lowest BCUT2D eigenvalue weighted by Gasteiger charge is -2.49. The maximum Gasteiger partial charge on any atom is 0.471 e. The van der Waals surface area contributed by atoms with E-state index in [-0.39, 0.29) is 11.7 Å². The lowest BCUT2D eigenvalue weighted by atomic mass is 9.73. The highest BCUT2D eigenvalue weighted by Gasteiger charge is 2.49. The molecule has 0 amide bonds. The van der Waals surface area contributed by atoms with E-state index in [4.69, 9.17) is 5.73 Å². The van der Waals surface area contributed by atoms with Crippen LogP contribution in [0.2, 0.25) is 0 Å². The SMILES string of the molecule is NC1(c2noc(C(F)(F)F)n2)CN2CCC1CC2. The molecule has 3 fully saturated rings. The second-order valence-corrected chi connectivity index (χ2v) is 5.01. The van der Waals surface area contributed by atoms with Crippen LogP contribution < -0.4 is 5.73 Å². The van der Waals surface area contributed by atoms with Crippen LogP contribution >= 0.6 is 0 Å². The normalized spacial score (nSPS) is 36.0. The van der Waals surface area contributed by atoms with Crippen molar-refractivity contribution in [2.75, 3.05) is 19.6 Å². The fourth-order valence-electron chi connectivity index (χ4n) is 2.89. The minimum Gasteiger partial charge on any atom is -0.329 e. The van der Waals surface area contributed by atoms with Gasteiger partial charge in [-0.05, 0) is 31.8 Å². The van der Waals surface area contributed by atoms with Gasteiger partial charge in [-0.25, -0.2) is 0 Å². The quantitative estimate of drug-likeness (QED) is 0.816. The van der Waals surface area contributed by atoms with E-state index in [9.17, 15) is 13.2 Å². The highest BCUT2D eigenvalue weighted by Crippen LogP contribution is 2.40. The van der Waals surface area contributed by atoms with Gasteiger partial charge in [0.05, 0.1) is 5.54 Å². The minimum absolute atomic E-state index is 0.0239. The summed E-state index contributed by atoms with van der Waals surface area (Å²) < 4.78 is 41.6. The summed E-state index contributed by atoms with van der Waals surface area (Å²) in [6, 6.07) is 0. The predicted molar refractivity (Wildman–Crippen MR) is 54.3 cm³/mol. The first-order valence-electron chi connectivity index (χ1n) is 5.82. The molecule has 4 heterocycles. The Bertz CT molecular complexity index is 452. The summed E-state index contributed by atoms with van der Waals surface area (Å²) in [6.45, 7) is 2.37. The Morgan fingerprint density at radius 1 is 1.33 bits per heavy atom. The lowest BCUT2D eigenvalue weighted by Crippen LogP contribution is -2.62. The summed E-state index contributed by atoms with van der Waals surface area (Å²) in [5.41, 5.74) is 5.31. The molecule has 0 spiro atoms. The van der Waals surface area contributed by atoms with Gasteiger partial charge in [0, 0.05) is 6.54 Å². The smallest absolute Gasteiger partial charge is 0.329 e. The van der Waals surface area contributed by atoms with Crippen LogP contribution in [0, 0.1) is 5.92 Å². The van der Waals surface area contributed by atoms with E-state index in [2.05, 4.69) is 19.6 Å². The summed E-state index contributed by atoms with van der Waals surface area (Å²) in [5.74, 6) is -1.22. The van der Waals surface area contributed by atoms with Gasteiger partial charge in [-0.3, -0.25) is 0 Å². The van der Waals surface area contributed by atoms with Crippen molar-refractivity contribution in [3.63, 3.8) is 0 Å². The van der Waals surface area contributed by atoms with E-state index >= 15 is 0 Å². The van der Waals surface area contributed by atoms with Crippen molar-refractivity contribution in [3.05, 3.63) is 11.7 Å². The number of alkyl halides is 3. The summed E-state index contributed by atoms with van der Waals surface area (Å²) in [7, 11) is 0. The van der Waals surface area contributed by atoms with Crippen LogP contribution in [0.5, 0.6) is 0 Å². The summed E-state index contributed by atoms with van der Waals surface area (Å²) in [4.78, 5) is 5.57. The van der Waals surface area contributed by atoms with Crippen molar-refractivity contribution in [1.29, 1.82) is 0 Å². The van der Waals surface area contributed by atoms with Crippen LogP contribution in [0.25, 0.3) is 0 Å². The summed E-state index contributed by atoms with van der Waals surface area (Å²) >= 11 is 0. The molecule has 1 aromatic rings. The third kappa shape index (κ3) is 1.71. The number of aromatic nitrogens is 2. The Hall–Kier alpha value is -1.15. The fraction of sp³-hybridized carbons (Fsp3) is 0.800. The zero-order chi connectivity index (χ0) is 13.0. The number of nitrogens with two attached hydrogens (primary N) is 1. The second-order valence-electron chi connectivity index (χ2n) is 5.01. The first kappa shape index (κ1) is 11.9. The largest absolute Gasteiger partial charge is 0.471 e. The standard InChI is InChI=1S/C10H13F3N4O/c11-10(12,13)8-15-7(16-18-8)9(14)5-17-3-1-6(9)2-4-17/h6H,1-5,14H2. The maximum atomic E-state index is 12.4. The van der Waals surface area contributed by atoms with Crippen LogP contribution in [-0.2, 0) is 11.7 Å². The van der Waals surface area contributed by atoms with E-state index in [1.165, 1.54) is 0 Å². The molecule has 3 aliphatic heterocycles. The number of halogens is 3. The molecule has 5 nitrogen and oxygen atoms in total. The molecule has 3 aliphatic rings. The van der Waals surface area contributed by atoms with Gasteiger partial charge in [-0.1, -0.05) is 5.16 Å². The average molecular weight is 262 g/mol. The molecule has 2 bridgehead atoms. The van der Waals surface area contributed by atoms with E-state index in [0.717, 1.165) is 25.9 Å². The van der Waals surface area contributed by atoms with Gasteiger partial charge < -0.3 is 15.2 Å². The van der Waals surface area contributed by atoms with Crippen LogP contribution in [-0.4, -0.2) is 34.7 Å². The van der Waals surface area contributed by atoms with Gasteiger partial charge in [0.15, 0.2) is 5.82 Å². The first-order chi connectivity index (χ1) is 8.39. The van der Waals surface area contributed by atoms with Crippen molar-refractivity contribution in [1.82, 2.24) is 15.0 Å². The van der Waals surface area contributed by atoms with E-state index in [1.807, 2.05) is 0 Å². The Morgan fingerprint density at radius 3 is 2.44 bits per heavy atom. The average Bonchev–Trinajstić information content (AvgIpc) is 2.79. The Morgan fingerprint density at radius 2 is 2.00 bits per heavy atom. The number of rotatable bonds is 1. The Kier molecular flexibility index (Phi) is 2.43. The number of hydrogen-bond donors (Lipinski definition) is 1. The summed E-state index contributed by atoms with van der Waals surface area (Å²) in [5, 5.41) is 3.44. The van der Waals surface area contributed by atoms with Crippen molar-refractivity contribution in [2.45, 2.75) is 24.6 Å². The topological polar surface area (TPSA) is 68.2 Å². The highest BCUT2D eigenvalue weighted by atomic mass is 19.4. The molecule has 0 aromatic carbocycles. The van der Waals surface area contributed by atoms with Crippen LogP contribution in [0.15, 0.2) is 4.52 Å².